The van der Waals surface area contributed by atoms with Gasteiger partial charge in [-0.1, -0.05) is 0 Å². The molecule has 1 fully saturated rings. The van der Waals surface area contributed by atoms with E-state index in [1.807, 2.05) is 12.1 Å². The van der Waals surface area contributed by atoms with E-state index in [1.165, 1.54) is 0 Å². The first kappa shape index (κ1) is 12.5. The molecule has 1 saturated heterocycles. The average molecular weight is 235 g/mol. The highest BCUT2D eigenvalue weighted by Gasteiger charge is 2.45. The number of rotatable bonds is 3. The number of nitrogens with one attached hydrogen (secondary N) is 1. The van der Waals surface area contributed by atoms with Crippen molar-refractivity contribution >= 4 is 0 Å². The fourth-order valence-corrected chi connectivity index (χ4v) is 2.54. The standard InChI is InChI=1S/C13H21N3O/c1-12(2)8-11(13(3,4)17-12)14-9-10-6-5-7-15-16-10/h5-7,11,14H,8-9H2,1-4H3. The Morgan fingerprint density at radius 1 is 1.41 bits per heavy atom. The Kier molecular flexibility index (Phi) is 3.19. The number of aromatic nitrogens is 2. The van der Waals surface area contributed by atoms with E-state index in [2.05, 4.69) is 43.2 Å². The molecule has 1 atom stereocenters. The van der Waals surface area contributed by atoms with Gasteiger partial charge in [-0.25, -0.2) is 0 Å². The highest BCUT2D eigenvalue weighted by molar-refractivity contribution is 5.03. The molecule has 1 aromatic rings. The van der Waals surface area contributed by atoms with Gasteiger partial charge in [0, 0.05) is 18.8 Å². The van der Waals surface area contributed by atoms with Gasteiger partial charge < -0.3 is 10.1 Å². The van der Waals surface area contributed by atoms with E-state index in [1.54, 1.807) is 6.20 Å². The molecule has 0 aliphatic carbocycles. The third-order valence-electron chi connectivity index (χ3n) is 3.23. The van der Waals surface area contributed by atoms with E-state index in [0.29, 0.717) is 6.04 Å². The largest absolute Gasteiger partial charge is 0.368 e. The van der Waals surface area contributed by atoms with E-state index < -0.39 is 0 Å². The molecule has 1 N–H and O–H groups in total. The van der Waals surface area contributed by atoms with Crippen LogP contribution in [0.1, 0.15) is 39.8 Å². The van der Waals surface area contributed by atoms with E-state index in [-0.39, 0.29) is 11.2 Å². The van der Waals surface area contributed by atoms with Gasteiger partial charge in [-0.2, -0.15) is 10.2 Å². The van der Waals surface area contributed by atoms with Crippen molar-refractivity contribution in [2.45, 2.75) is 57.9 Å². The summed E-state index contributed by atoms with van der Waals surface area (Å²) in [6.07, 6.45) is 2.70. The minimum absolute atomic E-state index is 0.0521. The van der Waals surface area contributed by atoms with Gasteiger partial charge in [0.1, 0.15) is 0 Å². The average Bonchev–Trinajstić information content (AvgIpc) is 2.45. The molecular weight excluding hydrogens is 214 g/mol. The molecule has 17 heavy (non-hydrogen) atoms. The monoisotopic (exact) mass is 235 g/mol. The zero-order valence-electron chi connectivity index (χ0n) is 11.0. The molecule has 1 aliphatic rings. The van der Waals surface area contributed by atoms with Gasteiger partial charge in [0.25, 0.3) is 0 Å². The van der Waals surface area contributed by atoms with Crippen LogP contribution >= 0.6 is 0 Å². The Hall–Kier alpha value is -1.00. The van der Waals surface area contributed by atoms with Gasteiger partial charge in [0.15, 0.2) is 0 Å². The molecule has 1 aromatic heterocycles. The third-order valence-corrected chi connectivity index (χ3v) is 3.23. The van der Waals surface area contributed by atoms with Crippen molar-refractivity contribution in [2.75, 3.05) is 0 Å². The summed E-state index contributed by atoms with van der Waals surface area (Å²) in [7, 11) is 0. The quantitative estimate of drug-likeness (QED) is 0.869. The first-order valence-corrected chi connectivity index (χ1v) is 6.09. The lowest BCUT2D eigenvalue weighted by atomic mass is 9.94. The zero-order chi connectivity index (χ0) is 12.5. The lowest BCUT2D eigenvalue weighted by Crippen LogP contribution is -2.43. The first-order chi connectivity index (χ1) is 7.89. The Labute approximate surface area is 103 Å². The molecule has 1 unspecified atom stereocenters. The van der Waals surface area contributed by atoms with Crippen LogP contribution < -0.4 is 5.32 Å². The summed E-state index contributed by atoms with van der Waals surface area (Å²) in [6.45, 7) is 9.28. The van der Waals surface area contributed by atoms with Gasteiger partial charge in [0.05, 0.1) is 16.9 Å². The van der Waals surface area contributed by atoms with Crippen LogP contribution in [-0.2, 0) is 11.3 Å². The Balaban J connectivity index is 1.96. The summed E-state index contributed by atoms with van der Waals surface area (Å²) in [4.78, 5) is 0. The van der Waals surface area contributed by atoms with Crippen LogP contribution in [0.5, 0.6) is 0 Å². The van der Waals surface area contributed by atoms with Gasteiger partial charge in [-0.3, -0.25) is 0 Å². The minimum atomic E-state index is -0.133. The SMILES string of the molecule is CC1(C)CC(NCc2cccnn2)C(C)(C)O1. The second kappa shape index (κ2) is 4.35. The molecule has 0 spiro atoms. The minimum Gasteiger partial charge on any atom is -0.368 e. The van der Waals surface area contributed by atoms with Crippen molar-refractivity contribution in [3.63, 3.8) is 0 Å². The Morgan fingerprint density at radius 2 is 2.18 bits per heavy atom. The van der Waals surface area contributed by atoms with Crippen molar-refractivity contribution in [3.8, 4) is 0 Å². The lowest BCUT2D eigenvalue weighted by Gasteiger charge is -2.27. The van der Waals surface area contributed by atoms with Crippen LogP contribution in [0.3, 0.4) is 0 Å². The smallest absolute Gasteiger partial charge is 0.0787 e. The van der Waals surface area contributed by atoms with Crippen molar-refractivity contribution in [3.05, 3.63) is 24.0 Å². The van der Waals surface area contributed by atoms with Crippen molar-refractivity contribution in [1.29, 1.82) is 0 Å². The molecule has 0 aromatic carbocycles. The Bertz CT molecular complexity index is 376. The van der Waals surface area contributed by atoms with Gasteiger partial charge in [-0.15, -0.1) is 0 Å². The summed E-state index contributed by atoms with van der Waals surface area (Å²) < 4.78 is 6.04. The predicted octanol–water partition coefficient (Wildman–Crippen LogP) is 1.91. The molecule has 1 aliphatic heterocycles. The lowest BCUT2D eigenvalue weighted by molar-refractivity contribution is -0.0699. The maximum absolute atomic E-state index is 6.04. The van der Waals surface area contributed by atoms with Crippen molar-refractivity contribution in [1.82, 2.24) is 15.5 Å². The van der Waals surface area contributed by atoms with Gasteiger partial charge >= 0.3 is 0 Å². The predicted molar refractivity (Wildman–Crippen MR) is 66.5 cm³/mol. The summed E-state index contributed by atoms with van der Waals surface area (Å²) >= 11 is 0. The van der Waals surface area contributed by atoms with E-state index >= 15 is 0 Å². The number of ether oxygens (including phenoxy) is 1. The molecular formula is C13H21N3O. The number of nitrogens with zero attached hydrogens (tertiary/aromatic N) is 2. The summed E-state index contributed by atoms with van der Waals surface area (Å²) in [5, 5.41) is 11.5. The molecule has 0 radical (unpaired) electrons. The molecule has 2 rings (SSSR count). The van der Waals surface area contributed by atoms with E-state index in [9.17, 15) is 0 Å². The third kappa shape index (κ3) is 3.01. The van der Waals surface area contributed by atoms with Crippen LogP contribution in [-0.4, -0.2) is 27.4 Å². The second-order valence-electron chi connectivity index (χ2n) is 5.82. The van der Waals surface area contributed by atoms with Gasteiger partial charge in [-0.05, 0) is 46.2 Å². The fraction of sp³-hybridized carbons (Fsp3) is 0.692. The number of hydrogen-bond donors (Lipinski definition) is 1. The maximum atomic E-state index is 6.04. The molecule has 0 amide bonds. The first-order valence-electron chi connectivity index (χ1n) is 6.09. The molecule has 0 bridgehead atoms. The van der Waals surface area contributed by atoms with Crippen molar-refractivity contribution in [2.24, 2.45) is 0 Å². The van der Waals surface area contributed by atoms with Crippen LogP contribution in [0.25, 0.3) is 0 Å². The van der Waals surface area contributed by atoms with Crippen molar-refractivity contribution < 1.29 is 4.74 Å². The van der Waals surface area contributed by atoms with Crippen LogP contribution in [0.15, 0.2) is 18.3 Å². The molecule has 0 saturated carbocycles. The maximum Gasteiger partial charge on any atom is 0.0787 e. The topological polar surface area (TPSA) is 47.0 Å². The van der Waals surface area contributed by atoms with Gasteiger partial charge in [0.2, 0.25) is 0 Å². The van der Waals surface area contributed by atoms with E-state index in [4.69, 9.17) is 4.74 Å². The molecule has 4 nitrogen and oxygen atoms in total. The Morgan fingerprint density at radius 3 is 2.71 bits per heavy atom. The van der Waals surface area contributed by atoms with Crippen LogP contribution in [0, 0.1) is 0 Å². The van der Waals surface area contributed by atoms with E-state index in [0.717, 1.165) is 18.7 Å². The summed E-state index contributed by atoms with van der Waals surface area (Å²) in [5.41, 5.74) is 0.780. The zero-order valence-corrected chi connectivity index (χ0v) is 11.0. The molecule has 2 heterocycles. The highest BCUT2D eigenvalue weighted by atomic mass is 16.5. The normalized spacial score (nSPS) is 26.0. The van der Waals surface area contributed by atoms with Crippen LogP contribution in [0.2, 0.25) is 0 Å². The summed E-state index contributed by atoms with van der Waals surface area (Å²) in [6, 6.07) is 4.23. The molecule has 94 valence electrons. The summed E-state index contributed by atoms with van der Waals surface area (Å²) in [5.74, 6) is 0. The van der Waals surface area contributed by atoms with Crippen LogP contribution in [0.4, 0.5) is 0 Å². The fourth-order valence-electron chi connectivity index (χ4n) is 2.54. The molecule has 4 heteroatoms. The second-order valence-corrected chi connectivity index (χ2v) is 5.82. The highest BCUT2D eigenvalue weighted by Crippen LogP contribution is 2.37. The number of hydrogen-bond acceptors (Lipinski definition) is 4.